The zero-order valence-electron chi connectivity index (χ0n) is 15.0. The van der Waals surface area contributed by atoms with E-state index in [-0.39, 0.29) is 29.5 Å². The fourth-order valence-corrected chi connectivity index (χ4v) is 3.93. The largest absolute Gasteiger partial charge is 0.508 e. The second kappa shape index (κ2) is 8.91. The number of carbonyl (C=O) groups excluding carboxylic acids is 1. The van der Waals surface area contributed by atoms with Crippen LogP contribution in [0.25, 0.3) is 0 Å². The van der Waals surface area contributed by atoms with E-state index in [1.54, 1.807) is 12.1 Å². The van der Waals surface area contributed by atoms with Crippen LogP contribution < -0.4 is 5.73 Å². The lowest BCUT2D eigenvalue weighted by atomic mass is 9.71. The quantitative estimate of drug-likeness (QED) is 0.770. The maximum absolute atomic E-state index is 13.0. The Kier molecular flexibility index (Phi) is 7.14. The number of carbonyl (C=O) groups is 1. The van der Waals surface area contributed by atoms with Gasteiger partial charge in [-0.2, -0.15) is 0 Å². The highest BCUT2D eigenvalue weighted by Gasteiger charge is 2.35. The minimum atomic E-state index is 0. The maximum Gasteiger partial charge on any atom is 0.223 e. The summed E-state index contributed by atoms with van der Waals surface area (Å²) in [6.45, 7) is 2.04. The number of amides is 1. The van der Waals surface area contributed by atoms with E-state index in [0.717, 1.165) is 24.9 Å². The highest BCUT2D eigenvalue weighted by atomic mass is 35.5. The normalized spacial score (nSPS) is 19.1. The van der Waals surface area contributed by atoms with Gasteiger partial charge in [-0.05, 0) is 61.3 Å². The summed E-state index contributed by atoms with van der Waals surface area (Å²) < 4.78 is 0. The van der Waals surface area contributed by atoms with Gasteiger partial charge in [-0.25, -0.2) is 0 Å². The van der Waals surface area contributed by atoms with Crippen molar-refractivity contribution in [2.45, 2.75) is 57.9 Å². The number of nitrogens with two attached hydrogens (primary N) is 1. The first-order valence-corrected chi connectivity index (χ1v) is 9.36. The summed E-state index contributed by atoms with van der Waals surface area (Å²) in [4.78, 5) is 15.0. The van der Waals surface area contributed by atoms with Gasteiger partial charge in [-0.15, -0.1) is 12.4 Å². The molecule has 2 aliphatic carbocycles. The van der Waals surface area contributed by atoms with Crippen molar-refractivity contribution in [3.8, 4) is 5.75 Å². The fourth-order valence-electron chi connectivity index (χ4n) is 3.93. The molecule has 25 heavy (non-hydrogen) atoms. The summed E-state index contributed by atoms with van der Waals surface area (Å²) in [5, 5.41) is 9.68. The van der Waals surface area contributed by atoms with E-state index in [1.807, 2.05) is 17.0 Å². The van der Waals surface area contributed by atoms with Crippen molar-refractivity contribution in [2.24, 2.45) is 17.1 Å². The van der Waals surface area contributed by atoms with Crippen molar-refractivity contribution >= 4 is 18.3 Å². The second-order valence-electron chi connectivity index (χ2n) is 7.83. The van der Waals surface area contributed by atoms with Crippen LogP contribution in [-0.4, -0.2) is 29.0 Å². The SMILES string of the molecule is Cl.NCC1(CC(=O)N(Cc2cccc(O)c2)CC2CC2)CCCCC1. The first-order valence-electron chi connectivity index (χ1n) is 9.36. The number of nitrogens with zero attached hydrogens (tertiary/aromatic N) is 1. The van der Waals surface area contributed by atoms with Gasteiger partial charge >= 0.3 is 0 Å². The molecular formula is C20H31ClN2O2. The third-order valence-corrected chi connectivity index (χ3v) is 5.69. The molecule has 0 saturated heterocycles. The van der Waals surface area contributed by atoms with E-state index in [1.165, 1.54) is 32.1 Å². The third-order valence-electron chi connectivity index (χ3n) is 5.69. The molecule has 3 rings (SSSR count). The molecule has 0 aromatic heterocycles. The molecule has 1 aromatic carbocycles. The molecule has 0 atom stereocenters. The van der Waals surface area contributed by atoms with Crippen molar-refractivity contribution in [2.75, 3.05) is 13.1 Å². The summed E-state index contributed by atoms with van der Waals surface area (Å²) in [7, 11) is 0. The summed E-state index contributed by atoms with van der Waals surface area (Å²) in [5.74, 6) is 1.15. The van der Waals surface area contributed by atoms with Gasteiger partial charge in [0.25, 0.3) is 0 Å². The Morgan fingerprint density at radius 2 is 1.96 bits per heavy atom. The lowest BCUT2D eigenvalue weighted by molar-refractivity contribution is -0.135. The average Bonchev–Trinajstić information content (AvgIpc) is 3.39. The molecule has 1 amide bonds. The fraction of sp³-hybridized carbons (Fsp3) is 0.650. The summed E-state index contributed by atoms with van der Waals surface area (Å²) in [6, 6.07) is 7.24. The number of phenolic OH excluding ortho intramolecular Hbond substituents is 1. The standard InChI is InChI=1S/C20H30N2O2.ClH/c21-15-20(9-2-1-3-10-20)12-19(24)22(13-16-7-8-16)14-17-5-4-6-18(23)11-17;/h4-6,11,16,23H,1-3,7-10,12-15,21H2;1H. The Balaban J connectivity index is 0.00000225. The minimum Gasteiger partial charge on any atom is -0.508 e. The number of aromatic hydroxyl groups is 1. The van der Waals surface area contributed by atoms with E-state index >= 15 is 0 Å². The van der Waals surface area contributed by atoms with Crippen molar-refractivity contribution in [1.29, 1.82) is 0 Å². The lowest BCUT2D eigenvalue weighted by Crippen LogP contribution is -2.41. The Morgan fingerprint density at radius 3 is 2.56 bits per heavy atom. The van der Waals surface area contributed by atoms with Crippen molar-refractivity contribution in [3.05, 3.63) is 29.8 Å². The van der Waals surface area contributed by atoms with Crippen LogP contribution in [0.15, 0.2) is 24.3 Å². The number of halogens is 1. The van der Waals surface area contributed by atoms with Crippen LogP contribution in [0.4, 0.5) is 0 Å². The first-order chi connectivity index (χ1) is 11.6. The Morgan fingerprint density at radius 1 is 1.24 bits per heavy atom. The number of benzene rings is 1. The predicted molar refractivity (Wildman–Crippen MR) is 103 cm³/mol. The van der Waals surface area contributed by atoms with Gasteiger partial charge in [0.15, 0.2) is 0 Å². The van der Waals surface area contributed by atoms with E-state index in [0.29, 0.717) is 25.4 Å². The number of phenols is 1. The van der Waals surface area contributed by atoms with E-state index in [9.17, 15) is 9.90 Å². The summed E-state index contributed by atoms with van der Waals surface area (Å²) >= 11 is 0. The van der Waals surface area contributed by atoms with Crippen LogP contribution >= 0.6 is 12.4 Å². The van der Waals surface area contributed by atoms with Gasteiger partial charge < -0.3 is 15.7 Å². The molecule has 2 saturated carbocycles. The molecule has 0 bridgehead atoms. The maximum atomic E-state index is 13.0. The van der Waals surface area contributed by atoms with E-state index < -0.39 is 0 Å². The molecule has 1 aromatic rings. The molecule has 2 fully saturated rings. The minimum absolute atomic E-state index is 0. The van der Waals surface area contributed by atoms with Crippen LogP contribution in [0.3, 0.4) is 0 Å². The molecule has 0 spiro atoms. The Bertz CT molecular complexity index is 569. The van der Waals surface area contributed by atoms with Crippen LogP contribution in [0.1, 0.15) is 56.9 Å². The van der Waals surface area contributed by atoms with Gasteiger partial charge in [0.05, 0.1) is 0 Å². The smallest absolute Gasteiger partial charge is 0.223 e. The Labute approximate surface area is 157 Å². The van der Waals surface area contributed by atoms with Gasteiger partial charge in [0.2, 0.25) is 5.91 Å². The van der Waals surface area contributed by atoms with Crippen LogP contribution in [0.2, 0.25) is 0 Å². The van der Waals surface area contributed by atoms with Crippen molar-refractivity contribution in [3.63, 3.8) is 0 Å². The van der Waals surface area contributed by atoms with Crippen LogP contribution in [0.5, 0.6) is 5.75 Å². The van der Waals surface area contributed by atoms with E-state index in [4.69, 9.17) is 5.73 Å². The number of hydrogen-bond acceptors (Lipinski definition) is 3. The topological polar surface area (TPSA) is 66.6 Å². The molecule has 3 N–H and O–H groups in total. The molecule has 0 aliphatic heterocycles. The molecule has 0 heterocycles. The molecular weight excluding hydrogens is 336 g/mol. The second-order valence-corrected chi connectivity index (χ2v) is 7.83. The van der Waals surface area contributed by atoms with E-state index in [2.05, 4.69) is 0 Å². The average molecular weight is 367 g/mol. The highest BCUT2D eigenvalue weighted by molar-refractivity contribution is 5.85. The molecule has 0 unspecified atom stereocenters. The molecule has 140 valence electrons. The van der Waals surface area contributed by atoms with Gasteiger partial charge in [-0.3, -0.25) is 4.79 Å². The van der Waals surface area contributed by atoms with Crippen LogP contribution in [-0.2, 0) is 11.3 Å². The predicted octanol–water partition coefficient (Wildman–Crippen LogP) is 3.85. The van der Waals surface area contributed by atoms with Gasteiger partial charge in [0, 0.05) is 19.5 Å². The zero-order chi connectivity index (χ0) is 17.0. The molecule has 0 radical (unpaired) electrons. The molecule has 4 nitrogen and oxygen atoms in total. The molecule has 5 heteroatoms. The van der Waals surface area contributed by atoms with Crippen LogP contribution in [0, 0.1) is 11.3 Å². The zero-order valence-corrected chi connectivity index (χ0v) is 15.8. The highest BCUT2D eigenvalue weighted by Crippen LogP contribution is 2.39. The monoisotopic (exact) mass is 366 g/mol. The molecule has 2 aliphatic rings. The number of rotatable bonds is 7. The summed E-state index contributed by atoms with van der Waals surface area (Å²) in [6.07, 6.45) is 8.86. The third kappa shape index (κ3) is 5.61. The lowest BCUT2D eigenvalue weighted by Gasteiger charge is -2.37. The van der Waals surface area contributed by atoms with Gasteiger partial charge in [-0.1, -0.05) is 31.4 Å². The Hall–Kier alpha value is -1.26. The van der Waals surface area contributed by atoms with Crippen molar-refractivity contribution in [1.82, 2.24) is 4.90 Å². The number of hydrogen-bond donors (Lipinski definition) is 2. The van der Waals surface area contributed by atoms with Crippen molar-refractivity contribution < 1.29 is 9.90 Å². The van der Waals surface area contributed by atoms with Gasteiger partial charge in [0.1, 0.15) is 5.75 Å². The summed E-state index contributed by atoms with van der Waals surface area (Å²) in [5.41, 5.74) is 7.07. The first kappa shape index (κ1) is 20.1.